The van der Waals surface area contributed by atoms with Crippen LogP contribution < -0.4 is 0 Å². The highest BCUT2D eigenvalue weighted by Crippen LogP contribution is 2.27. The van der Waals surface area contributed by atoms with Gasteiger partial charge < -0.3 is 14.2 Å². The first-order chi connectivity index (χ1) is 13.6. The molecule has 0 aromatic heterocycles. The highest BCUT2D eigenvalue weighted by Gasteiger charge is 2.37. The molecule has 0 N–H and O–H groups in total. The number of unbranched alkanes of at least 4 members (excludes halogenated alkanes) is 12. The van der Waals surface area contributed by atoms with Gasteiger partial charge in [0.2, 0.25) is 0 Å². The molecular weight excluding hydrogens is 348 g/mol. The molecule has 0 saturated carbocycles. The number of hydrogen-bond acceptors (Lipinski definition) is 3. The number of hydrogen-bond donors (Lipinski definition) is 0. The molecule has 0 radical (unpaired) electrons. The molecule has 0 heterocycles. The third-order valence-electron chi connectivity index (χ3n) is 5.36. The Bertz CT molecular complexity index is 263. The van der Waals surface area contributed by atoms with E-state index in [-0.39, 0.29) is 5.92 Å². The molecule has 0 aromatic rings. The fraction of sp³-hybridized carbons (Fsp3) is 1.00. The van der Waals surface area contributed by atoms with Crippen molar-refractivity contribution in [2.75, 3.05) is 19.8 Å². The summed E-state index contributed by atoms with van der Waals surface area (Å²) in [5, 5.41) is 0. The second-order valence-corrected chi connectivity index (χ2v) is 8.55. The fourth-order valence-corrected chi connectivity index (χ4v) is 3.39. The minimum absolute atomic E-state index is 0.189. The van der Waals surface area contributed by atoms with Crippen LogP contribution in [0.2, 0.25) is 0 Å². The maximum Gasteiger partial charge on any atom is 0.285 e. The second-order valence-electron chi connectivity index (χ2n) is 8.55. The van der Waals surface area contributed by atoms with Gasteiger partial charge in [-0.1, -0.05) is 112 Å². The quantitative estimate of drug-likeness (QED) is 0.135. The molecule has 0 bridgehead atoms. The molecule has 0 rings (SSSR count). The SMILES string of the molecule is CCCCCCCOC(OCCCCCCC)(OCCCCCCC)C(C)C. The molecular formula is C25H52O3. The van der Waals surface area contributed by atoms with Crippen LogP contribution in [0.5, 0.6) is 0 Å². The van der Waals surface area contributed by atoms with Crippen LogP contribution in [0, 0.1) is 5.92 Å². The van der Waals surface area contributed by atoms with Crippen LogP contribution in [0.1, 0.15) is 131 Å². The van der Waals surface area contributed by atoms with E-state index in [0.29, 0.717) is 0 Å². The Balaban J connectivity index is 4.45. The van der Waals surface area contributed by atoms with Crippen molar-refractivity contribution in [3.05, 3.63) is 0 Å². The van der Waals surface area contributed by atoms with Crippen LogP contribution in [-0.4, -0.2) is 25.8 Å². The van der Waals surface area contributed by atoms with Crippen molar-refractivity contribution >= 4 is 0 Å². The van der Waals surface area contributed by atoms with E-state index in [4.69, 9.17) is 14.2 Å². The Labute approximate surface area is 177 Å². The Morgan fingerprint density at radius 2 is 0.750 bits per heavy atom. The lowest BCUT2D eigenvalue weighted by atomic mass is 10.1. The van der Waals surface area contributed by atoms with E-state index in [1.54, 1.807) is 0 Å². The van der Waals surface area contributed by atoms with Gasteiger partial charge in [-0.05, 0) is 19.3 Å². The molecule has 0 aromatic carbocycles. The van der Waals surface area contributed by atoms with Gasteiger partial charge in [-0.25, -0.2) is 0 Å². The summed E-state index contributed by atoms with van der Waals surface area (Å²) < 4.78 is 18.8. The van der Waals surface area contributed by atoms with E-state index in [1.165, 1.54) is 77.0 Å². The van der Waals surface area contributed by atoms with E-state index in [0.717, 1.165) is 39.1 Å². The monoisotopic (exact) mass is 400 g/mol. The lowest BCUT2D eigenvalue weighted by Crippen LogP contribution is -2.45. The Morgan fingerprint density at radius 1 is 0.464 bits per heavy atom. The van der Waals surface area contributed by atoms with Crippen molar-refractivity contribution in [1.29, 1.82) is 0 Å². The lowest BCUT2D eigenvalue weighted by molar-refractivity contribution is -0.401. The minimum atomic E-state index is -0.861. The van der Waals surface area contributed by atoms with Gasteiger partial charge in [-0.3, -0.25) is 0 Å². The number of ether oxygens (including phenoxy) is 3. The van der Waals surface area contributed by atoms with Gasteiger partial charge in [0.1, 0.15) is 0 Å². The third kappa shape index (κ3) is 14.8. The van der Waals surface area contributed by atoms with Crippen molar-refractivity contribution < 1.29 is 14.2 Å². The van der Waals surface area contributed by atoms with Gasteiger partial charge in [-0.2, -0.15) is 0 Å². The summed E-state index contributed by atoms with van der Waals surface area (Å²) in [5.74, 6) is -0.672. The van der Waals surface area contributed by atoms with Crippen LogP contribution in [0.15, 0.2) is 0 Å². The van der Waals surface area contributed by atoms with Gasteiger partial charge in [-0.15, -0.1) is 0 Å². The zero-order chi connectivity index (χ0) is 20.9. The van der Waals surface area contributed by atoms with Crippen LogP contribution in [0.3, 0.4) is 0 Å². The number of rotatable bonds is 22. The lowest BCUT2D eigenvalue weighted by Gasteiger charge is -2.37. The maximum atomic E-state index is 6.28. The van der Waals surface area contributed by atoms with Crippen molar-refractivity contribution in [1.82, 2.24) is 0 Å². The molecule has 0 aliphatic rings. The van der Waals surface area contributed by atoms with Crippen molar-refractivity contribution in [3.63, 3.8) is 0 Å². The largest absolute Gasteiger partial charge is 0.327 e. The summed E-state index contributed by atoms with van der Waals surface area (Å²) in [5.41, 5.74) is 0. The average Bonchev–Trinajstić information content (AvgIpc) is 2.69. The smallest absolute Gasteiger partial charge is 0.285 e. The highest BCUT2D eigenvalue weighted by molar-refractivity contribution is 4.64. The van der Waals surface area contributed by atoms with Crippen LogP contribution in [0.25, 0.3) is 0 Å². The zero-order valence-electron chi connectivity index (χ0n) is 20.0. The van der Waals surface area contributed by atoms with Crippen molar-refractivity contribution in [3.8, 4) is 0 Å². The molecule has 0 fully saturated rings. The molecule has 0 aliphatic carbocycles. The Kier molecular flexibility index (Phi) is 20.1. The molecule has 0 unspecified atom stereocenters. The second kappa shape index (κ2) is 20.2. The first kappa shape index (κ1) is 27.9. The molecule has 0 spiro atoms. The first-order valence-corrected chi connectivity index (χ1v) is 12.5. The van der Waals surface area contributed by atoms with Crippen LogP contribution in [-0.2, 0) is 14.2 Å². The van der Waals surface area contributed by atoms with E-state index < -0.39 is 5.97 Å². The third-order valence-corrected chi connectivity index (χ3v) is 5.36. The van der Waals surface area contributed by atoms with Crippen molar-refractivity contribution in [2.24, 2.45) is 5.92 Å². The summed E-state index contributed by atoms with van der Waals surface area (Å²) in [6.07, 6.45) is 18.6. The Morgan fingerprint density at radius 3 is 1.00 bits per heavy atom. The standard InChI is InChI=1S/C25H52O3/c1-6-9-12-15-18-21-26-25(24(4)5,27-22-19-16-13-10-7-2)28-23-20-17-14-11-8-3/h24H,6-23H2,1-5H3. The maximum absolute atomic E-state index is 6.28. The van der Waals surface area contributed by atoms with Gasteiger partial charge in [0, 0.05) is 5.92 Å². The molecule has 0 amide bonds. The molecule has 0 atom stereocenters. The fourth-order valence-electron chi connectivity index (χ4n) is 3.39. The van der Waals surface area contributed by atoms with Gasteiger partial charge in [0.15, 0.2) is 0 Å². The average molecular weight is 401 g/mol. The van der Waals surface area contributed by atoms with Crippen molar-refractivity contribution in [2.45, 2.75) is 137 Å². The first-order valence-electron chi connectivity index (χ1n) is 12.5. The summed E-state index contributed by atoms with van der Waals surface area (Å²) in [6, 6.07) is 0. The van der Waals surface area contributed by atoms with Gasteiger partial charge in [0.25, 0.3) is 5.97 Å². The normalized spacial score (nSPS) is 12.2. The predicted molar refractivity (Wildman–Crippen MR) is 122 cm³/mol. The molecule has 0 aliphatic heterocycles. The summed E-state index contributed by atoms with van der Waals surface area (Å²) in [6.45, 7) is 13.3. The van der Waals surface area contributed by atoms with E-state index in [2.05, 4.69) is 34.6 Å². The van der Waals surface area contributed by atoms with E-state index in [9.17, 15) is 0 Å². The highest BCUT2D eigenvalue weighted by atomic mass is 16.9. The summed E-state index contributed by atoms with van der Waals surface area (Å²) in [7, 11) is 0. The van der Waals surface area contributed by atoms with E-state index >= 15 is 0 Å². The molecule has 0 saturated heterocycles. The van der Waals surface area contributed by atoms with Crippen LogP contribution >= 0.6 is 0 Å². The van der Waals surface area contributed by atoms with Crippen LogP contribution in [0.4, 0.5) is 0 Å². The minimum Gasteiger partial charge on any atom is -0.327 e. The van der Waals surface area contributed by atoms with Gasteiger partial charge >= 0.3 is 0 Å². The topological polar surface area (TPSA) is 27.7 Å². The summed E-state index contributed by atoms with van der Waals surface area (Å²) in [4.78, 5) is 0. The molecule has 28 heavy (non-hydrogen) atoms. The molecule has 3 nitrogen and oxygen atoms in total. The van der Waals surface area contributed by atoms with Gasteiger partial charge in [0.05, 0.1) is 19.8 Å². The Hall–Kier alpha value is -0.120. The zero-order valence-corrected chi connectivity index (χ0v) is 20.0. The predicted octanol–water partition coefficient (Wildman–Crippen LogP) is 8.26. The molecule has 3 heteroatoms. The summed E-state index contributed by atoms with van der Waals surface area (Å²) >= 11 is 0. The molecule has 170 valence electrons. The van der Waals surface area contributed by atoms with E-state index in [1.807, 2.05) is 0 Å².